The minimum absolute atomic E-state index is 0.0438. The van der Waals surface area contributed by atoms with Crippen LogP contribution in [0.5, 0.6) is 0 Å². The molecular formula is C28H31ClN2O2. The maximum absolute atomic E-state index is 13.5. The number of nitrogens with one attached hydrogen (secondary N) is 1. The van der Waals surface area contributed by atoms with E-state index in [0.717, 1.165) is 16.7 Å². The molecule has 0 fully saturated rings. The van der Waals surface area contributed by atoms with Crippen molar-refractivity contribution in [3.8, 4) is 0 Å². The zero-order chi connectivity index (χ0) is 23.6. The number of hydrogen-bond donors (Lipinski definition) is 1. The van der Waals surface area contributed by atoms with E-state index in [1.54, 1.807) is 4.90 Å². The number of nitrogens with zero attached hydrogens (tertiary/aromatic N) is 1. The lowest BCUT2D eigenvalue weighted by Gasteiger charge is -2.31. The van der Waals surface area contributed by atoms with Gasteiger partial charge in [0.15, 0.2) is 0 Å². The largest absolute Gasteiger partial charge is 0.355 e. The molecule has 0 spiro atoms. The van der Waals surface area contributed by atoms with Crippen molar-refractivity contribution in [1.29, 1.82) is 0 Å². The Labute approximate surface area is 201 Å². The van der Waals surface area contributed by atoms with Crippen LogP contribution in [-0.4, -0.2) is 29.3 Å². The molecule has 0 saturated heterocycles. The molecule has 4 nitrogen and oxygen atoms in total. The summed E-state index contributed by atoms with van der Waals surface area (Å²) >= 11 is 6.06. The summed E-state index contributed by atoms with van der Waals surface area (Å²) in [7, 11) is 0. The van der Waals surface area contributed by atoms with E-state index in [4.69, 9.17) is 11.6 Å². The van der Waals surface area contributed by atoms with Gasteiger partial charge in [-0.1, -0.05) is 83.9 Å². The standard InChI is InChI=1S/C28H31ClN2O2/c1-3-30-28(33)26(19-23-7-5-4-6-8-23)31(20-24-13-16-25(29)17-14-24)27(32)18-15-22-11-9-21(2)10-12-22/h4-14,16-17,26H,3,15,18-20H2,1-2H3,(H,30,33)/t26-/m1/s1. The molecule has 1 N–H and O–H groups in total. The number of rotatable bonds is 10. The monoisotopic (exact) mass is 462 g/mol. The molecule has 0 unspecified atom stereocenters. The van der Waals surface area contributed by atoms with E-state index in [-0.39, 0.29) is 11.8 Å². The fraction of sp³-hybridized carbons (Fsp3) is 0.286. The molecule has 0 aliphatic rings. The van der Waals surface area contributed by atoms with Gasteiger partial charge in [0.2, 0.25) is 11.8 Å². The quantitative estimate of drug-likeness (QED) is 0.441. The Balaban J connectivity index is 1.87. The molecule has 0 aliphatic heterocycles. The van der Waals surface area contributed by atoms with Gasteiger partial charge in [-0.2, -0.15) is 0 Å². The van der Waals surface area contributed by atoms with Gasteiger partial charge in [-0.05, 0) is 49.1 Å². The lowest BCUT2D eigenvalue weighted by Crippen LogP contribution is -2.50. The van der Waals surface area contributed by atoms with Crippen LogP contribution in [-0.2, 0) is 29.0 Å². The highest BCUT2D eigenvalue weighted by Crippen LogP contribution is 2.18. The van der Waals surface area contributed by atoms with Gasteiger partial charge in [-0.25, -0.2) is 0 Å². The molecular weight excluding hydrogens is 432 g/mol. The topological polar surface area (TPSA) is 49.4 Å². The van der Waals surface area contributed by atoms with E-state index in [1.807, 2.05) is 68.4 Å². The Morgan fingerprint density at radius 1 is 0.879 bits per heavy atom. The predicted molar refractivity (Wildman–Crippen MR) is 134 cm³/mol. The van der Waals surface area contributed by atoms with Crippen molar-refractivity contribution in [3.63, 3.8) is 0 Å². The van der Waals surface area contributed by atoms with Gasteiger partial charge in [0.05, 0.1) is 0 Å². The van der Waals surface area contributed by atoms with E-state index in [1.165, 1.54) is 5.56 Å². The third-order valence-corrected chi connectivity index (χ3v) is 5.89. The van der Waals surface area contributed by atoms with Gasteiger partial charge in [-0.3, -0.25) is 9.59 Å². The van der Waals surface area contributed by atoms with Crippen LogP contribution in [0, 0.1) is 6.92 Å². The van der Waals surface area contributed by atoms with Gasteiger partial charge >= 0.3 is 0 Å². The molecule has 172 valence electrons. The average molecular weight is 463 g/mol. The Kier molecular flexibility index (Phi) is 9.08. The Morgan fingerprint density at radius 2 is 1.52 bits per heavy atom. The van der Waals surface area contributed by atoms with E-state index in [2.05, 4.69) is 29.6 Å². The maximum atomic E-state index is 13.5. The first-order chi connectivity index (χ1) is 16.0. The van der Waals surface area contributed by atoms with Gasteiger partial charge in [-0.15, -0.1) is 0 Å². The molecule has 0 aromatic heterocycles. The molecule has 0 heterocycles. The van der Waals surface area contributed by atoms with Crippen molar-refractivity contribution in [1.82, 2.24) is 10.2 Å². The Bertz CT molecular complexity index is 1030. The van der Waals surface area contributed by atoms with Crippen molar-refractivity contribution in [3.05, 3.63) is 106 Å². The first kappa shape index (κ1) is 24.5. The van der Waals surface area contributed by atoms with Crippen LogP contribution in [0.1, 0.15) is 35.6 Å². The van der Waals surface area contributed by atoms with Crippen LogP contribution in [0.3, 0.4) is 0 Å². The summed E-state index contributed by atoms with van der Waals surface area (Å²) in [5.41, 5.74) is 4.25. The first-order valence-electron chi connectivity index (χ1n) is 11.4. The van der Waals surface area contributed by atoms with E-state index < -0.39 is 6.04 Å². The maximum Gasteiger partial charge on any atom is 0.243 e. The van der Waals surface area contributed by atoms with E-state index >= 15 is 0 Å². The summed E-state index contributed by atoms with van der Waals surface area (Å²) in [6, 6.07) is 24.9. The van der Waals surface area contributed by atoms with Gasteiger partial charge in [0, 0.05) is 31.0 Å². The van der Waals surface area contributed by atoms with Crippen LogP contribution in [0.25, 0.3) is 0 Å². The highest BCUT2D eigenvalue weighted by Gasteiger charge is 2.29. The number of carbonyl (C=O) groups is 2. The highest BCUT2D eigenvalue weighted by molar-refractivity contribution is 6.30. The second-order valence-corrected chi connectivity index (χ2v) is 8.67. The van der Waals surface area contributed by atoms with Gasteiger partial charge in [0.25, 0.3) is 0 Å². The zero-order valence-corrected chi connectivity index (χ0v) is 20.0. The number of aryl methyl sites for hydroxylation is 2. The number of benzene rings is 3. The SMILES string of the molecule is CCNC(=O)[C@@H](Cc1ccccc1)N(Cc1ccc(Cl)cc1)C(=O)CCc1ccc(C)cc1. The molecule has 0 radical (unpaired) electrons. The zero-order valence-electron chi connectivity index (χ0n) is 19.3. The normalized spacial score (nSPS) is 11.6. The molecule has 5 heteroatoms. The summed E-state index contributed by atoms with van der Waals surface area (Å²) in [5.74, 6) is -0.184. The van der Waals surface area contributed by atoms with Crippen molar-refractivity contribution in [2.45, 2.75) is 45.7 Å². The molecule has 3 rings (SSSR count). The summed E-state index contributed by atoms with van der Waals surface area (Å²) in [6.07, 6.45) is 1.42. The number of amides is 2. The minimum atomic E-state index is -0.603. The van der Waals surface area contributed by atoms with Crippen LogP contribution in [0.15, 0.2) is 78.9 Å². The van der Waals surface area contributed by atoms with Crippen molar-refractivity contribution in [2.75, 3.05) is 6.54 Å². The lowest BCUT2D eigenvalue weighted by atomic mass is 10.0. The van der Waals surface area contributed by atoms with Crippen molar-refractivity contribution < 1.29 is 9.59 Å². The number of carbonyl (C=O) groups excluding carboxylic acids is 2. The summed E-state index contributed by atoms with van der Waals surface area (Å²) in [6.45, 7) is 4.79. The fourth-order valence-corrected chi connectivity index (χ4v) is 3.91. The Morgan fingerprint density at radius 3 is 2.15 bits per heavy atom. The molecule has 3 aromatic carbocycles. The van der Waals surface area contributed by atoms with Crippen LogP contribution < -0.4 is 5.32 Å². The van der Waals surface area contributed by atoms with E-state index in [0.29, 0.717) is 37.4 Å². The van der Waals surface area contributed by atoms with Crippen LogP contribution >= 0.6 is 11.6 Å². The van der Waals surface area contributed by atoms with E-state index in [9.17, 15) is 9.59 Å². The third kappa shape index (κ3) is 7.47. The van der Waals surface area contributed by atoms with Crippen LogP contribution in [0.4, 0.5) is 0 Å². The Hall–Kier alpha value is -3.11. The molecule has 2 amide bonds. The molecule has 0 bridgehead atoms. The lowest BCUT2D eigenvalue weighted by molar-refractivity contribution is -0.141. The summed E-state index contributed by atoms with van der Waals surface area (Å²) in [5, 5.41) is 3.56. The van der Waals surface area contributed by atoms with Crippen molar-refractivity contribution >= 4 is 23.4 Å². The number of halogens is 1. The van der Waals surface area contributed by atoms with Gasteiger partial charge < -0.3 is 10.2 Å². The van der Waals surface area contributed by atoms with Crippen LogP contribution in [0.2, 0.25) is 5.02 Å². The number of likely N-dealkylation sites (N-methyl/N-ethyl adjacent to an activating group) is 1. The van der Waals surface area contributed by atoms with Gasteiger partial charge in [0.1, 0.15) is 6.04 Å². The van der Waals surface area contributed by atoms with Crippen molar-refractivity contribution in [2.24, 2.45) is 0 Å². The fourth-order valence-electron chi connectivity index (χ4n) is 3.78. The molecule has 0 aliphatic carbocycles. The molecule has 3 aromatic rings. The third-order valence-electron chi connectivity index (χ3n) is 5.64. The average Bonchev–Trinajstić information content (AvgIpc) is 2.82. The summed E-state index contributed by atoms with van der Waals surface area (Å²) in [4.78, 5) is 28.4. The second-order valence-electron chi connectivity index (χ2n) is 8.23. The number of hydrogen-bond acceptors (Lipinski definition) is 2. The predicted octanol–water partition coefficient (Wildman–Crippen LogP) is 5.36. The summed E-state index contributed by atoms with van der Waals surface area (Å²) < 4.78 is 0. The first-order valence-corrected chi connectivity index (χ1v) is 11.7. The molecule has 33 heavy (non-hydrogen) atoms. The molecule has 1 atom stereocenters. The minimum Gasteiger partial charge on any atom is -0.355 e. The smallest absolute Gasteiger partial charge is 0.243 e. The highest BCUT2D eigenvalue weighted by atomic mass is 35.5. The molecule has 0 saturated carbocycles. The second kappa shape index (κ2) is 12.2.